The molecule has 0 radical (unpaired) electrons. The summed E-state index contributed by atoms with van der Waals surface area (Å²) >= 11 is 1.44. The van der Waals surface area contributed by atoms with Crippen LogP contribution < -0.4 is 10.3 Å². The van der Waals surface area contributed by atoms with Gasteiger partial charge in [0.1, 0.15) is 5.75 Å². The van der Waals surface area contributed by atoms with Crippen LogP contribution in [0.2, 0.25) is 0 Å². The van der Waals surface area contributed by atoms with Crippen LogP contribution in [0.5, 0.6) is 5.75 Å². The lowest BCUT2D eigenvalue weighted by molar-refractivity contribution is 0.343. The van der Waals surface area contributed by atoms with Crippen molar-refractivity contribution in [3.05, 3.63) is 58.4 Å². The molecule has 0 N–H and O–H groups in total. The van der Waals surface area contributed by atoms with E-state index in [4.69, 9.17) is 4.74 Å². The summed E-state index contributed by atoms with van der Waals surface area (Å²) in [6.07, 6.45) is 0. The van der Waals surface area contributed by atoms with E-state index in [1.54, 1.807) is 23.7 Å². The molecule has 7 nitrogen and oxygen atoms in total. The highest BCUT2D eigenvalue weighted by Gasteiger charge is 2.16. The first-order valence-electron chi connectivity index (χ1n) is 8.96. The number of aromatic nitrogens is 2. The van der Waals surface area contributed by atoms with Gasteiger partial charge in [-0.3, -0.25) is 9.36 Å². The number of aryl methyl sites for hydroxylation is 1. The van der Waals surface area contributed by atoms with Crippen molar-refractivity contribution in [2.45, 2.75) is 17.0 Å². The van der Waals surface area contributed by atoms with E-state index in [0.717, 1.165) is 5.56 Å². The van der Waals surface area contributed by atoms with Crippen molar-refractivity contribution >= 4 is 32.7 Å². The predicted molar refractivity (Wildman–Crippen MR) is 115 cm³/mol. The molecule has 3 aromatic rings. The Morgan fingerprint density at radius 1 is 1.14 bits per heavy atom. The Kier molecular flexibility index (Phi) is 6.30. The molecule has 1 aromatic heterocycles. The Hall–Kier alpha value is -2.36. The van der Waals surface area contributed by atoms with Crippen molar-refractivity contribution in [1.82, 2.24) is 13.9 Å². The molecule has 0 atom stereocenters. The second-order valence-corrected chi connectivity index (χ2v) is 9.95. The zero-order valence-corrected chi connectivity index (χ0v) is 18.4. The topological polar surface area (TPSA) is 81.5 Å². The molecule has 0 amide bonds. The first-order chi connectivity index (χ1) is 13.7. The molecule has 0 aliphatic heterocycles. The van der Waals surface area contributed by atoms with Crippen LogP contribution in [-0.4, -0.2) is 48.7 Å². The van der Waals surface area contributed by atoms with E-state index in [-0.39, 0.29) is 10.5 Å². The molecule has 2 aromatic carbocycles. The highest BCUT2D eigenvalue weighted by atomic mass is 32.2. The Labute approximate surface area is 174 Å². The summed E-state index contributed by atoms with van der Waals surface area (Å²) < 4.78 is 32.6. The molecular weight excluding hydrogens is 410 g/mol. The van der Waals surface area contributed by atoms with Crippen LogP contribution in [0.25, 0.3) is 10.9 Å². The SMILES string of the molecule is Cc1ccc2nc(SCCOc3ccc(S(=O)(=O)N(C)C)cc3)n(C)c(=O)c2c1. The number of fused-ring (bicyclic) bond motifs is 1. The minimum atomic E-state index is -3.45. The van der Waals surface area contributed by atoms with E-state index < -0.39 is 10.0 Å². The second kappa shape index (κ2) is 8.56. The van der Waals surface area contributed by atoms with Gasteiger partial charge in [-0.15, -0.1) is 0 Å². The molecule has 0 bridgehead atoms. The molecule has 29 heavy (non-hydrogen) atoms. The van der Waals surface area contributed by atoms with Crippen molar-refractivity contribution < 1.29 is 13.2 Å². The molecule has 0 fully saturated rings. The minimum Gasteiger partial charge on any atom is -0.493 e. The van der Waals surface area contributed by atoms with Crippen LogP contribution in [0.3, 0.4) is 0 Å². The van der Waals surface area contributed by atoms with Gasteiger partial charge in [0.05, 0.1) is 22.4 Å². The average molecular weight is 434 g/mol. The summed E-state index contributed by atoms with van der Waals surface area (Å²) in [5.74, 6) is 1.18. The summed E-state index contributed by atoms with van der Waals surface area (Å²) in [6, 6.07) is 12.0. The van der Waals surface area contributed by atoms with Gasteiger partial charge in [0.15, 0.2) is 5.16 Å². The Morgan fingerprint density at radius 3 is 2.48 bits per heavy atom. The summed E-state index contributed by atoms with van der Waals surface area (Å²) in [4.78, 5) is 17.3. The zero-order chi connectivity index (χ0) is 21.2. The molecule has 154 valence electrons. The fourth-order valence-electron chi connectivity index (χ4n) is 2.70. The normalized spacial score (nSPS) is 11.9. The van der Waals surface area contributed by atoms with Gasteiger partial charge in [-0.05, 0) is 43.3 Å². The summed E-state index contributed by atoms with van der Waals surface area (Å²) in [5.41, 5.74) is 1.63. The number of ether oxygens (including phenoxy) is 1. The predicted octanol–water partition coefficient (Wildman–Crippen LogP) is 2.66. The molecule has 0 aliphatic carbocycles. The number of sulfonamides is 1. The van der Waals surface area contributed by atoms with Crippen LogP contribution in [0.1, 0.15) is 5.56 Å². The number of nitrogens with zero attached hydrogens (tertiary/aromatic N) is 3. The Bertz CT molecular complexity index is 1190. The smallest absolute Gasteiger partial charge is 0.261 e. The Balaban J connectivity index is 1.63. The highest BCUT2D eigenvalue weighted by Crippen LogP contribution is 2.20. The van der Waals surface area contributed by atoms with Crippen LogP contribution in [0.4, 0.5) is 0 Å². The molecule has 0 unspecified atom stereocenters. The number of rotatable bonds is 7. The number of benzene rings is 2. The first kappa shape index (κ1) is 21.4. The quantitative estimate of drug-likeness (QED) is 0.324. The minimum absolute atomic E-state index is 0.0696. The second-order valence-electron chi connectivity index (χ2n) is 6.73. The van der Waals surface area contributed by atoms with Crippen LogP contribution in [0.15, 0.2) is 57.3 Å². The number of hydrogen-bond donors (Lipinski definition) is 0. The first-order valence-corrected chi connectivity index (χ1v) is 11.4. The van der Waals surface area contributed by atoms with E-state index in [1.807, 2.05) is 25.1 Å². The molecule has 0 saturated heterocycles. The lowest BCUT2D eigenvalue weighted by Gasteiger charge is -2.12. The van der Waals surface area contributed by atoms with Crippen molar-refractivity contribution in [2.75, 3.05) is 26.5 Å². The molecule has 3 rings (SSSR count). The molecular formula is C20H23N3O4S2. The van der Waals surface area contributed by atoms with Crippen molar-refractivity contribution in [2.24, 2.45) is 7.05 Å². The van der Waals surface area contributed by atoms with Crippen LogP contribution in [-0.2, 0) is 17.1 Å². The van der Waals surface area contributed by atoms with E-state index in [9.17, 15) is 13.2 Å². The summed E-state index contributed by atoms with van der Waals surface area (Å²) in [5, 5.41) is 1.24. The van der Waals surface area contributed by atoms with Gasteiger partial charge in [-0.1, -0.05) is 23.4 Å². The molecule has 9 heteroatoms. The zero-order valence-electron chi connectivity index (χ0n) is 16.7. The maximum atomic E-state index is 12.5. The third-order valence-electron chi connectivity index (χ3n) is 4.38. The molecule has 0 aliphatic rings. The Morgan fingerprint density at radius 2 is 1.83 bits per heavy atom. The van der Waals surface area contributed by atoms with Gasteiger partial charge in [0.25, 0.3) is 5.56 Å². The third-order valence-corrected chi connectivity index (χ3v) is 7.20. The van der Waals surface area contributed by atoms with Crippen molar-refractivity contribution in [1.29, 1.82) is 0 Å². The largest absolute Gasteiger partial charge is 0.493 e. The van der Waals surface area contributed by atoms with Gasteiger partial charge >= 0.3 is 0 Å². The number of thioether (sulfide) groups is 1. The lowest BCUT2D eigenvalue weighted by atomic mass is 10.2. The summed E-state index contributed by atoms with van der Waals surface area (Å²) in [7, 11) is 1.25. The van der Waals surface area contributed by atoms with Gasteiger partial charge in [-0.25, -0.2) is 17.7 Å². The maximum Gasteiger partial charge on any atom is 0.261 e. The van der Waals surface area contributed by atoms with Crippen LogP contribution in [0, 0.1) is 6.92 Å². The van der Waals surface area contributed by atoms with E-state index >= 15 is 0 Å². The van der Waals surface area contributed by atoms with Crippen LogP contribution >= 0.6 is 11.8 Å². The molecule has 1 heterocycles. The monoisotopic (exact) mass is 433 g/mol. The highest BCUT2D eigenvalue weighted by molar-refractivity contribution is 7.99. The number of hydrogen-bond acceptors (Lipinski definition) is 6. The fraction of sp³-hybridized carbons (Fsp3) is 0.300. The standard InChI is InChI=1S/C20H23N3O4S2/c1-14-5-10-18-17(13-14)19(24)23(4)20(21-18)28-12-11-27-15-6-8-16(9-7-15)29(25,26)22(2)3/h5-10,13H,11-12H2,1-4H3. The van der Waals surface area contributed by atoms with Gasteiger partial charge in [0.2, 0.25) is 10.0 Å². The van der Waals surface area contributed by atoms with E-state index in [1.165, 1.54) is 42.3 Å². The van der Waals surface area contributed by atoms with Crippen molar-refractivity contribution in [3.63, 3.8) is 0 Å². The average Bonchev–Trinajstić information content (AvgIpc) is 2.69. The third kappa shape index (κ3) is 4.63. The molecule has 0 spiro atoms. The van der Waals surface area contributed by atoms with Gasteiger partial charge < -0.3 is 4.74 Å². The fourth-order valence-corrected chi connectivity index (χ4v) is 4.39. The van der Waals surface area contributed by atoms with Crippen molar-refractivity contribution in [3.8, 4) is 5.75 Å². The van der Waals surface area contributed by atoms with E-state index in [2.05, 4.69) is 4.98 Å². The van der Waals surface area contributed by atoms with Gasteiger partial charge in [-0.2, -0.15) is 0 Å². The summed E-state index contributed by atoms with van der Waals surface area (Å²) in [6.45, 7) is 2.34. The van der Waals surface area contributed by atoms with Gasteiger partial charge in [0, 0.05) is 26.9 Å². The maximum absolute atomic E-state index is 12.5. The van der Waals surface area contributed by atoms with E-state index in [0.29, 0.717) is 34.2 Å². The lowest BCUT2D eigenvalue weighted by Crippen LogP contribution is -2.22. The molecule has 0 saturated carbocycles.